The van der Waals surface area contributed by atoms with Crippen LogP contribution in [0.4, 0.5) is 26.3 Å². The van der Waals surface area contributed by atoms with Gasteiger partial charge in [0.1, 0.15) is 20.1 Å². The summed E-state index contributed by atoms with van der Waals surface area (Å²) in [6.45, 7) is 8.56. The van der Waals surface area contributed by atoms with Gasteiger partial charge in [-0.3, -0.25) is 0 Å². The third-order valence-corrected chi connectivity index (χ3v) is 4.81. The van der Waals surface area contributed by atoms with E-state index in [1.807, 2.05) is 0 Å². The lowest BCUT2D eigenvalue weighted by Gasteiger charge is -2.08. The number of aryl methyl sites for hydroxylation is 6. The molecule has 7 nitrogen and oxygen atoms in total. The second kappa shape index (κ2) is 14.6. The molecule has 0 atom stereocenters. The van der Waals surface area contributed by atoms with E-state index in [4.69, 9.17) is 22.9 Å². The number of halogens is 6. The third kappa shape index (κ3) is 15.0. The maximum atomic E-state index is 10.7. The summed E-state index contributed by atoms with van der Waals surface area (Å²) in [7, 11) is -1.93. The number of hydrogen-bond donors (Lipinski definition) is 0. The lowest BCUT2D eigenvalue weighted by Crippen LogP contribution is -2.37. The normalized spacial score (nSPS) is 11.1. The quantitative estimate of drug-likeness (QED) is 0.254. The molecule has 0 saturated carbocycles. The van der Waals surface area contributed by atoms with E-state index >= 15 is 0 Å². The summed E-state index contributed by atoms with van der Waals surface area (Å²) in [5, 5.41) is 8.78. The first kappa shape index (κ1) is 34.4. The van der Waals surface area contributed by atoms with Gasteiger partial charge in [0.05, 0.1) is 0 Å². The van der Waals surface area contributed by atoms with Crippen molar-refractivity contribution in [3.63, 3.8) is 0 Å². The molecular formula is C21H28F6N2O5S. The summed E-state index contributed by atoms with van der Waals surface area (Å²) >= 11 is 0. The monoisotopic (exact) mass is 534 g/mol. The van der Waals surface area contributed by atoms with Gasteiger partial charge in [-0.1, -0.05) is 13.8 Å². The Balaban J connectivity index is 0. The van der Waals surface area contributed by atoms with Gasteiger partial charge in [-0.2, -0.15) is 26.3 Å². The van der Waals surface area contributed by atoms with Crippen LogP contribution in [0.1, 0.15) is 36.4 Å². The average Bonchev–Trinajstić information content (AvgIpc) is 2.71. The summed E-state index contributed by atoms with van der Waals surface area (Å²) in [5.74, 6) is -3.01. The fourth-order valence-electron chi connectivity index (χ4n) is 1.90. The zero-order valence-corrected chi connectivity index (χ0v) is 20.8. The van der Waals surface area contributed by atoms with Crippen LogP contribution < -0.4 is 14.2 Å². The van der Waals surface area contributed by atoms with E-state index in [1.165, 1.54) is 22.5 Å². The van der Waals surface area contributed by atoms with E-state index in [0.717, 1.165) is 12.8 Å². The number of carboxylic acids is 1. The molecule has 0 spiro atoms. The van der Waals surface area contributed by atoms with Crippen molar-refractivity contribution in [2.24, 2.45) is 14.1 Å². The van der Waals surface area contributed by atoms with Crippen molar-refractivity contribution in [2.45, 2.75) is 52.2 Å². The number of carbonyl (C=O) groups is 1. The molecule has 14 heteroatoms. The van der Waals surface area contributed by atoms with Crippen LogP contribution in [0.2, 0.25) is 0 Å². The Kier molecular flexibility index (Phi) is 14.4. The number of aliphatic carboxylic acids is 1. The molecule has 0 amide bonds. The Morgan fingerprint density at radius 3 is 1.23 bits per heavy atom. The SMILES string of the molecule is CCc1ccc(C)[n+](C)c1.CCc1ccc(C)[n+](C)c1.O=C([O-])C(F)(F)F.O=S(=O)([O-])C(F)(F)F. The van der Waals surface area contributed by atoms with Crippen molar-refractivity contribution in [3.05, 3.63) is 59.2 Å². The van der Waals surface area contributed by atoms with Crippen LogP contribution in [0.25, 0.3) is 0 Å². The Labute approximate surface area is 200 Å². The summed E-state index contributed by atoms with van der Waals surface area (Å²) in [4.78, 5) is 8.78. The van der Waals surface area contributed by atoms with Crippen LogP contribution in [0.15, 0.2) is 36.7 Å². The van der Waals surface area contributed by atoms with Gasteiger partial charge < -0.3 is 14.5 Å². The molecule has 0 aliphatic heterocycles. The van der Waals surface area contributed by atoms with Gasteiger partial charge in [0.15, 0.2) is 33.9 Å². The standard InChI is InChI=1S/2C9H14N.C2HF3O2.CHF3O3S/c2*1-4-9-6-5-8(2)10(3)7-9;3-2(4,5)1(6)7;2-1(3,4)8(5,6)7/h2*5-7H,4H2,1-3H3;(H,6,7);(H,5,6,7)/q2*+1;;/p-2. The maximum Gasteiger partial charge on any atom is 0.485 e. The van der Waals surface area contributed by atoms with Crippen molar-refractivity contribution in [1.29, 1.82) is 0 Å². The molecule has 0 N–H and O–H groups in total. The van der Waals surface area contributed by atoms with Crippen molar-refractivity contribution < 1.29 is 58.3 Å². The minimum absolute atomic E-state index is 1.12. The van der Waals surface area contributed by atoms with E-state index in [-0.39, 0.29) is 0 Å². The lowest BCUT2D eigenvalue weighted by molar-refractivity contribution is -0.678. The van der Waals surface area contributed by atoms with Crippen molar-refractivity contribution >= 4 is 16.1 Å². The zero-order valence-electron chi connectivity index (χ0n) is 20.0. The number of aromatic nitrogens is 2. The number of nitrogens with zero attached hydrogens (tertiary/aromatic N) is 2. The Morgan fingerprint density at radius 1 is 0.829 bits per heavy atom. The highest BCUT2D eigenvalue weighted by molar-refractivity contribution is 7.86. The highest BCUT2D eigenvalue weighted by atomic mass is 32.2. The molecule has 2 heterocycles. The first-order chi connectivity index (χ1) is 15.7. The van der Waals surface area contributed by atoms with E-state index in [9.17, 15) is 26.3 Å². The second-order valence-electron chi connectivity index (χ2n) is 6.97. The van der Waals surface area contributed by atoms with Crippen molar-refractivity contribution in [2.75, 3.05) is 0 Å². The number of alkyl halides is 6. The average molecular weight is 535 g/mol. The van der Waals surface area contributed by atoms with Crippen LogP contribution in [0, 0.1) is 13.8 Å². The van der Waals surface area contributed by atoms with Crippen LogP contribution in [-0.4, -0.2) is 30.6 Å². The molecule has 0 aliphatic rings. The minimum Gasteiger partial charge on any atom is -0.741 e. The molecule has 0 aliphatic carbocycles. The molecule has 2 aromatic heterocycles. The number of carboxylic acid groups (broad SMARTS) is 1. The first-order valence-electron chi connectivity index (χ1n) is 9.87. The Hall–Kier alpha value is -2.74. The molecule has 0 unspecified atom stereocenters. The molecule has 200 valence electrons. The van der Waals surface area contributed by atoms with E-state index in [2.05, 4.69) is 87.6 Å². The molecule has 0 saturated heterocycles. The van der Waals surface area contributed by atoms with E-state index in [0.29, 0.717) is 0 Å². The third-order valence-electron chi connectivity index (χ3n) is 4.24. The Bertz CT molecular complexity index is 1000. The Morgan fingerprint density at radius 2 is 1.09 bits per heavy atom. The highest BCUT2D eigenvalue weighted by Crippen LogP contribution is 2.20. The summed E-state index contributed by atoms with van der Waals surface area (Å²) in [6.07, 6.45) is 1.40. The van der Waals surface area contributed by atoms with E-state index < -0.39 is 27.8 Å². The van der Waals surface area contributed by atoms with Crippen LogP contribution >= 0.6 is 0 Å². The predicted molar refractivity (Wildman–Crippen MR) is 110 cm³/mol. The van der Waals surface area contributed by atoms with Gasteiger partial charge in [0.2, 0.25) is 0 Å². The summed E-state index contributed by atoms with van der Waals surface area (Å²) < 4.78 is 94.8. The van der Waals surface area contributed by atoms with Gasteiger partial charge in [0, 0.05) is 37.1 Å². The van der Waals surface area contributed by atoms with Crippen LogP contribution in [-0.2, 0) is 41.8 Å². The molecule has 0 bridgehead atoms. The lowest BCUT2D eigenvalue weighted by atomic mass is 10.2. The van der Waals surface area contributed by atoms with Gasteiger partial charge in [-0.05, 0) is 25.0 Å². The number of pyridine rings is 2. The number of carbonyl (C=O) groups excluding carboxylic acids is 1. The minimum atomic E-state index is -6.09. The fraction of sp³-hybridized carbons (Fsp3) is 0.476. The van der Waals surface area contributed by atoms with Crippen LogP contribution in [0.3, 0.4) is 0 Å². The fourth-order valence-corrected chi connectivity index (χ4v) is 1.90. The maximum absolute atomic E-state index is 10.7. The van der Waals surface area contributed by atoms with Crippen LogP contribution in [0.5, 0.6) is 0 Å². The smallest absolute Gasteiger partial charge is 0.485 e. The van der Waals surface area contributed by atoms with Crippen molar-refractivity contribution in [1.82, 2.24) is 0 Å². The van der Waals surface area contributed by atoms with Gasteiger partial charge in [-0.25, -0.2) is 17.6 Å². The van der Waals surface area contributed by atoms with Gasteiger partial charge in [-0.15, -0.1) is 0 Å². The largest absolute Gasteiger partial charge is 0.741 e. The topological polar surface area (TPSA) is 105 Å². The summed E-state index contributed by atoms with van der Waals surface area (Å²) in [6, 6.07) is 8.66. The van der Waals surface area contributed by atoms with Gasteiger partial charge in [0.25, 0.3) is 0 Å². The van der Waals surface area contributed by atoms with Gasteiger partial charge >= 0.3 is 11.7 Å². The predicted octanol–water partition coefficient (Wildman–Crippen LogP) is 2.11. The molecule has 2 aromatic rings. The molecule has 0 aromatic carbocycles. The molecule has 2 rings (SSSR count). The molecule has 0 radical (unpaired) electrons. The summed E-state index contributed by atoms with van der Waals surface area (Å²) in [5.41, 5.74) is -0.247. The second-order valence-corrected chi connectivity index (χ2v) is 8.34. The number of hydrogen-bond acceptors (Lipinski definition) is 5. The molecule has 35 heavy (non-hydrogen) atoms. The zero-order chi connectivity index (χ0) is 28.2. The van der Waals surface area contributed by atoms with E-state index in [1.54, 1.807) is 0 Å². The molecular weight excluding hydrogens is 506 g/mol. The first-order valence-corrected chi connectivity index (χ1v) is 11.3. The molecule has 0 fully saturated rings. The van der Waals surface area contributed by atoms with Crippen molar-refractivity contribution in [3.8, 4) is 0 Å². The highest BCUT2D eigenvalue weighted by Gasteiger charge is 2.36. The number of rotatable bonds is 2.